The summed E-state index contributed by atoms with van der Waals surface area (Å²) >= 11 is 0. The molecule has 118 valence electrons. The fourth-order valence-corrected chi connectivity index (χ4v) is 3.84. The van der Waals surface area contributed by atoms with Crippen molar-refractivity contribution in [3.63, 3.8) is 0 Å². The molecule has 2 aliphatic rings. The first-order chi connectivity index (χ1) is 10.5. The van der Waals surface area contributed by atoms with Crippen molar-refractivity contribution >= 4 is 21.8 Å². The number of ether oxygens (including phenoxy) is 1. The van der Waals surface area contributed by atoms with Gasteiger partial charge in [0.05, 0.1) is 24.2 Å². The van der Waals surface area contributed by atoms with Crippen molar-refractivity contribution in [1.29, 1.82) is 0 Å². The largest absolute Gasteiger partial charge is 0.377 e. The van der Waals surface area contributed by atoms with E-state index in [9.17, 15) is 13.2 Å². The van der Waals surface area contributed by atoms with E-state index in [1.54, 1.807) is 23.1 Å². The van der Waals surface area contributed by atoms with Crippen LogP contribution in [0, 0.1) is 0 Å². The van der Waals surface area contributed by atoms with Gasteiger partial charge in [-0.2, -0.15) is 0 Å². The zero-order valence-electron chi connectivity index (χ0n) is 12.2. The van der Waals surface area contributed by atoms with Gasteiger partial charge in [-0.05, 0) is 19.1 Å². The quantitative estimate of drug-likeness (QED) is 0.828. The average molecular weight is 323 g/mol. The summed E-state index contributed by atoms with van der Waals surface area (Å²) in [6.45, 7) is 3.39. The van der Waals surface area contributed by atoms with Crippen molar-refractivity contribution < 1.29 is 17.9 Å². The van der Waals surface area contributed by atoms with Gasteiger partial charge in [0.1, 0.15) is 12.4 Å². The summed E-state index contributed by atoms with van der Waals surface area (Å²) in [4.78, 5) is 18.3. The molecule has 22 heavy (non-hydrogen) atoms. The number of carbonyl (C=O) groups is 1. The summed E-state index contributed by atoms with van der Waals surface area (Å²) in [5, 5.41) is 0. The standard InChI is InChI=1S/C14H17N3O4S/c1-10-9-21-7-6-17(10)13(18)8-15-14-11-4-2-3-5-12(11)22(19,20)16-14/h2-5,10H,6-9H2,1H3,(H,15,16). The van der Waals surface area contributed by atoms with Gasteiger partial charge in [-0.3, -0.25) is 14.5 Å². The van der Waals surface area contributed by atoms with Gasteiger partial charge in [0.15, 0.2) is 0 Å². The number of sulfonamides is 1. The molecule has 0 aliphatic carbocycles. The molecule has 3 rings (SSSR count). The highest BCUT2D eigenvalue weighted by atomic mass is 32.2. The van der Waals surface area contributed by atoms with E-state index < -0.39 is 10.0 Å². The minimum Gasteiger partial charge on any atom is -0.377 e. The fraction of sp³-hybridized carbons (Fsp3) is 0.429. The number of nitrogens with zero attached hydrogens (tertiary/aromatic N) is 2. The Hall–Kier alpha value is -1.93. The van der Waals surface area contributed by atoms with Crippen LogP contribution in [-0.2, 0) is 19.6 Å². The number of amidine groups is 1. The van der Waals surface area contributed by atoms with Gasteiger partial charge in [-0.25, -0.2) is 8.42 Å². The number of aliphatic imine (C=N–C) groups is 1. The lowest BCUT2D eigenvalue weighted by Gasteiger charge is -2.32. The van der Waals surface area contributed by atoms with Gasteiger partial charge >= 0.3 is 0 Å². The molecule has 0 saturated carbocycles. The van der Waals surface area contributed by atoms with Crippen LogP contribution in [0.25, 0.3) is 0 Å². The van der Waals surface area contributed by atoms with Gasteiger partial charge in [0.2, 0.25) is 5.91 Å². The summed E-state index contributed by atoms with van der Waals surface area (Å²) in [7, 11) is -3.56. The number of fused-ring (bicyclic) bond motifs is 1. The van der Waals surface area contributed by atoms with Gasteiger partial charge in [-0.1, -0.05) is 12.1 Å². The molecule has 0 bridgehead atoms. The van der Waals surface area contributed by atoms with Gasteiger partial charge < -0.3 is 9.64 Å². The first-order valence-electron chi connectivity index (χ1n) is 7.03. The Labute approximate surface area is 129 Å². The van der Waals surface area contributed by atoms with Crippen molar-refractivity contribution in [2.45, 2.75) is 17.9 Å². The maximum atomic E-state index is 12.2. The second kappa shape index (κ2) is 5.69. The molecule has 1 saturated heterocycles. The van der Waals surface area contributed by atoms with Crippen LogP contribution in [0.15, 0.2) is 34.2 Å². The molecule has 1 fully saturated rings. The number of carbonyl (C=O) groups excluding carboxylic acids is 1. The number of benzene rings is 1. The van der Waals surface area contributed by atoms with Gasteiger partial charge in [0, 0.05) is 12.1 Å². The average Bonchev–Trinajstić information content (AvgIpc) is 2.77. The van der Waals surface area contributed by atoms with Crippen LogP contribution in [0.2, 0.25) is 0 Å². The molecule has 0 spiro atoms. The van der Waals surface area contributed by atoms with Crippen molar-refractivity contribution in [1.82, 2.24) is 9.62 Å². The van der Waals surface area contributed by atoms with Crippen LogP contribution in [0.4, 0.5) is 0 Å². The number of nitrogens with one attached hydrogen (secondary N) is 1. The van der Waals surface area contributed by atoms with Crippen molar-refractivity contribution in [2.24, 2.45) is 4.99 Å². The molecule has 7 nitrogen and oxygen atoms in total. The van der Waals surface area contributed by atoms with Crippen LogP contribution in [-0.4, -0.2) is 57.4 Å². The van der Waals surface area contributed by atoms with E-state index >= 15 is 0 Å². The monoisotopic (exact) mass is 323 g/mol. The Morgan fingerprint density at radius 2 is 2.23 bits per heavy atom. The molecule has 8 heteroatoms. The second-order valence-electron chi connectivity index (χ2n) is 5.28. The third-order valence-corrected chi connectivity index (χ3v) is 5.12. The first kappa shape index (κ1) is 15.0. The van der Waals surface area contributed by atoms with Crippen LogP contribution in [0.1, 0.15) is 12.5 Å². The molecule has 1 amide bonds. The molecular formula is C14H17N3O4S. The smallest absolute Gasteiger partial charge is 0.263 e. The first-order valence-corrected chi connectivity index (χ1v) is 8.51. The van der Waals surface area contributed by atoms with Crippen LogP contribution >= 0.6 is 0 Å². The molecular weight excluding hydrogens is 306 g/mol. The summed E-state index contributed by atoms with van der Waals surface area (Å²) < 4.78 is 31.6. The Kier molecular flexibility index (Phi) is 3.88. The minimum atomic E-state index is -3.56. The Morgan fingerprint density at radius 3 is 3.00 bits per heavy atom. The Morgan fingerprint density at radius 1 is 1.45 bits per heavy atom. The third kappa shape index (κ3) is 2.71. The van der Waals surface area contributed by atoms with Gasteiger partial charge in [-0.15, -0.1) is 0 Å². The molecule has 2 heterocycles. The lowest BCUT2D eigenvalue weighted by molar-refractivity contribution is -0.137. The number of amides is 1. The summed E-state index contributed by atoms with van der Waals surface area (Å²) in [5.41, 5.74) is 0.505. The number of hydrogen-bond acceptors (Lipinski definition) is 5. The minimum absolute atomic E-state index is 0.00834. The zero-order valence-corrected chi connectivity index (χ0v) is 13.0. The topological polar surface area (TPSA) is 88.1 Å². The highest BCUT2D eigenvalue weighted by Crippen LogP contribution is 2.22. The number of hydrogen-bond donors (Lipinski definition) is 1. The summed E-state index contributed by atoms with van der Waals surface area (Å²) in [6, 6.07) is 6.60. The molecule has 1 unspecified atom stereocenters. The van der Waals surface area contributed by atoms with E-state index in [0.717, 1.165) is 0 Å². The van der Waals surface area contributed by atoms with Crippen LogP contribution in [0.5, 0.6) is 0 Å². The van der Waals surface area contributed by atoms with E-state index in [-0.39, 0.29) is 29.2 Å². The zero-order chi connectivity index (χ0) is 15.7. The van der Waals surface area contributed by atoms with Crippen molar-refractivity contribution in [3.05, 3.63) is 29.8 Å². The second-order valence-corrected chi connectivity index (χ2v) is 6.93. The maximum Gasteiger partial charge on any atom is 0.263 e. The Balaban J connectivity index is 1.78. The van der Waals surface area contributed by atoms with E-state index in [1.165, 1.54) is 6.07 Å². The van der Waals surface area contributed by atoms with E-state index in [1.807, 2.05) is 6.92 Å². The summed E-state index contributed by atoms with van der Waals surface area (Å²) in [6.07, 6.45) is 0. The Bertz CT molecular complexity index is 729. The van der Waals surface area contributed by atoms with Crippen LogP contribution in [0.3, 0.4) is 0 Å². The number of morpholine rings is 1. The third-order valence-electron chi connectivity index (χ3n) is 3.72. The van der Waals surface area contributed by atoms with E-state index in [4.69, 9.17) is 4.74 Å². The number of rotatable bonds is 2. The molecule has 0 aromatic heterocycles. The van der Waals surface area contributed by atoms with Crippen molar-refractivity contribution in [3.8, 4) is 0 Å². The van der Waals surface area contributed by atoms with Crippen molar-refractivity contribution in [2.75, 3.05) is 26.3 Å². The van der Waals surface area contributed by atoms with E-state index in [2.05, 4.69) is 9.71 Å². The SMILES string of the molecule is CC1COCCN1C(=O)CN=C1NS(=O)(=O)c2ccccc21. The lowest BCUT2D eigenvalue weighted by Crippen LogP contribution is -2.48. The fourth-order valence-electron chi connectivity index (χ4n) is 2.59. The van der Waals surface area contributed by atoms with Crippen LogP contribution < -0.4 is 4.72 Å². The molecule has 1 atom stereocenters. The molecule has 1 N–H and O–H groups in total. The summed E-state index contributed by atoms with van der Waals surface area (Å²) in [5.74, 6) is 0.0942. The molecule has 1 aromatic rings. The van der Waals surface area contributed by atoms with Gasteiger partial charge in [0.25, 0.3) is 10.0 Å². The molecule has 0 radical (unpaired) electrons. The highest BCUT2D eigenvalue weighted by Gasteiger charge is 2.30. The van der Waals surface area contributed by atoms with E-state index in [0.29, 0.717) is 25.3 Å². The predicted octanol–water partition coefficient (Wildman–Crippen LogP) is -0.0276. The normalized spacial score (nSPS) is 24.9. The molecule has 1 aromatic carbocycles. The maximum absolute atomic E-state index is 12.2. The molecule has 2 aliphatic heterocycles. The predicted molar refractivity (Wildman–Crippen MR) is 80.2 cm³/mol. The highest BCUT2D eigenvalue weighted by molar-refractivity contribution is 7.90. The lowest BCUT2D eigenvalue weighted by atomic mass is 10.2.